The lowest BCUT2D eigenvalue weighted by molar-refractivity contribution is 0.0357. The highest BCUT2D eigenvalue weighted by molar-refractivity contribution is 7.09. The van der Waals surface area contributed by atoms with Gasteiger partial charge in [-0.15, -0.1) is 69.7 Å². The van der Waals surface area contributed by atoms with Crippen molar-refractivity contribution < 1.29 is 13.3 Å². The average Bonchev–Trinajstić information content (AvgIpc) is 0.732. The van der Waals surface area contributed by atoms with Crippen molar-refractivity contribution in [2.45, 2.75) is 159 Å². The molecule has 0 radical (unpaired) electrons. The third-order valence-electron chi connectivity index (χ3n) is 21.4. The van der Waals surface area contributed by atoms with E-state index in [0.717, 1.165) is 0 Å². The van der Waals surface area contributed by atoms with Crippen molar-refractivity contribution >= 4 is 78.0 Å². The molecule has 0 aliphatic rings. The van der Waals surface area contributed by atoms with E-state index in [9.17, 15) is 0 Å². The van der Waals surface area contributed by atoms with Gasteiger partial charge in [0.2, 0.25) is 16.6 Å². The highest BCUT2D eigenvalue weighted by Crippen LogP contribution is 2.60. The molecule has 3 nitrogen and oxygen atoms in total. The summed E-state index contributed by atoms with van der Waals surface area (Å²) in [5.74, 6) is 0. The van der Waals surface area contributed by atoms with E-state index in [2.05, 4.69) is 421 Å². The number of rotatable bonds is 27. The molecule has 0 fully saturated rings. The Morgan fingerprint density at radius 2 is 0.581 bits per heavy atom. The second-order valence-electron chi connectivity index (χ2n) is 29.6. The molecule has 1 unspecified atom stereocenters. The number of hydrogen-bond acceptors (Lipinski definition) is 3. The number of hydrogen-bond donors (Lipinski definition) is 0. The Hall–Kier alpha value is -6.14. The summed E-state index contributed by atoms with van der Waals surface area (Å²) in [6, 6.07) is 74.7. The first-order chi connectivity index (χ1) is 43.3. The molecule has 0 aromatic heterocycles. The van der Waals surface area contributed by atoms with Gasteiger partial charge in [-0.2, -0.15) is 0 Å². The fraction of sp³-hybridized carbons (Fsp3) is 0.301. The molecular formula is C83H116O3Si7. The second-order valence-corrected chi connectivity index (χ2v) is 60.2. The van der Waals surface area contributed by atoms with Crippen molar-refractivity contribution in [1.82, 2.24) is 0 Å². The monoisotopic (exact) mass is 1360 g/mol. The van der Waals surface area contributed by atoms with Gasteiger partial charge in [0.25, 0.3) is 8.32 Å². The summed E-state index contributed by atoms with van der Waals surface area (Å²) in [6.07, 6.45) is 2.04. The summed E-state index contributed by atoms with van der Waals surface area (Å²) >= 11 is 0. The average molecular weight is 1360 g/mol. The van der Waals surface area contributed by atoms with Crippen LogP contribution in [0.25, 0.3) is 0 Å². The quantitative estimate of drug-likeness (QED) is 0.0379. The molecule has 7 rings (SSSR count). The van der Waals surface area contributed by atoms with E-state index in [0.29, 0.717) is 0 Å². The van der Waals surface area contributed by atoms with Crippen LogP contribution < -0.4 is 20.7 Å². The highest BCUT2D eigenvalue weighted by Gasteiger charge is 2.59. The van der Waals surface area contributed by atoms with E-state index in [1.165, 1.54) is 37.4 Å². The van der Waals surface area contributed by atoms with E-state index in [-0.39, 0.29) is 20.7 Å². The maximum absolute atomic E-state index is 7.52. The molecule has 1 atom stereocenters. The summed E-state index contributed by atoms with van der Waals surface area (Å²) in [6.45, 7) is 76.5. The van der Waals surface area contributed by atoms with Gasteiger partial charge in [0.15, 0.2) is 8.07 Å². The first-order valence-electron chi connectivity index (χ1n) is 32.9. The first kappa shape index (κ1) is 79.3. The third kappa shape index (κ3) is 17.1. The van der Waals surface area contributed by atoms with Crippen molar-refractivity contribution in [2.75, 3.05) is 0 Å². The summed E-state index contributed by atoms with van der Waals surface area (Å²) in [4.78, 5) is 0. The van der Waals surface area contributed by atoms with Crippen molar-refractivity contribution in [3.8, 4) is 0 Å². The zero-order chi connectivity index (χ0) is 70.1. The van der Waals surface area contributed by atoms with Gasteiger partial charge in [-0.3, -0.25) is 0 Å². The largest absolute Gasteiger partial charge is 0.404 e. The summed E-state index contributed by atoms with van der Waals surface area (Å²) in [5, 5.41) is 4.56. The first-order valence-corrected chi connectivity index (χ1v) is 52.2. The highest BCUT2D eigenvalue weighted by atomic mass is 28.4. The van der Waals surface area contributed by atoms with Gasteiger partial charge in [-0.05, 0) is 94.5 Å². The van der Waals surface area contributed by atoms with Crippen molar-refractivity contribution in [3.05, 3.63) is 328 Å². The van der Waals surface area contributed by atoms with Crippen LogP contribution in [0.2, 0.25) is 80.6 Å². The molecule has 0 spiro atoms. The lowest BCUT2D eigenvalue weighted by Gasteiger charge is -2.56. The van der Waals surface area contributed by atoms with E-state index in [1.807, 2.05) is 17.5 Å². The molecule has 7 aromatic rings. The molecule has 0 saturated heterocycles. The molecule has 0 aliphatic heterocycles. The van der Waals surface area contributed by atoms with Crippen LogP contribution in [0, 0.1) is 0 Å². The molecule has 7 aromatic carbocycles. The summed E-state index contributed by atoms with van der Waals surface area (Å²) in [7, 11) is -14.3. The predicted octanol–water partition coefficient (Wildman–Crippen LogP) is 21.3. The molecule has 10 heteroatoms. The van der Waals surface area contributed by atoms with Gasteiger partial charge in [0.05, 0.1) is 35.0 Å². The Bertz CT molecular complexity index is 3390. The zero-order valence-corrected chi connectivity index (χ0v) is 67.7. The summed E-state index contributed by atoms with van der Waals surface area (Å²) in [5.41, 5.74) is 17.5. The molecule has 0 saturated carbocycles. The van der Waals surface area contributed by atoms with Crippen LogP contribution in [0.3, 0.4) is 0 Å². The van der Waals surface area contributed by atoms with Gasteiger partial charge in [-0.25, -0.2) is 0 Å². The molecule has 0 aliphatic carbocycles. The lowest BCUT2D eigenvalue weighted by atomic mass is 9.77. The lowest BCUT2D eigenvalue weighted by Crippen LogP contribution is -2.75. The van der Waals surface area contributed by atoms with Crippen LogP contribution in [-0.4, -0.2) is 62.5 Å². The van der Waals surface area contributed by atoms with Crippen molar-refractivity contribution in [3.63, 3.8) is 0 Å². The van der Waals surface area contributed by atoms with Crippen LogP contribution in [0.1, 0.15) is 79.0 Å². The number of allylic oxidation sites excluding steroid dienone is 1. The predicted molar refractivity (Wildman–Crippen MR) is 432 cm³/mol. The Kier molecular flexibility index (Phi) is 27.3. The maximum Gasteiger partial charge on any atom is 0.280 e. The molecule has 93 heavy (non-hydrogen) atoms. The topological polar surface area (TPSA) is 27.7 Å². The van der Waals surface area contributed by atoms with Gasteiger partial charge < -0.3 is 13.3 Å². The summed E-state index contributed by atoms with van der Waals surface area (Å²) < 4.78 is 21.6. The number of benzene rings is 7. The van der Waals surface area contributed by atoms with E-state index in [1.54, 1.807) is 0 Å². The Morgan fingerprint density at radius 1 is 0.290 bits per heavy atom. The fourth-order valence-corrected chi connectivity index (χ4v) is 28.4. The van der Waals surface area contributed by atoms with E-state index < -0.39 is 68.1 Å². The molecule has 0 bridgehead atoms. The van der Waals surface area contributed by atoms with Crippen LogP contribution in [0.5, 0.6) is 0 Å². The molecule has 0 amide bonds. The molecule has 494 valence electrons. The van der Waals surface area contributed by atoms with Gasteiger partial charge in [0.1, 0.15) is 5.60 Å². The minimum Gasteiger partial charge on any atom is -0.404 e. The maximum atomic E-state index is 7.52. The van der Waals surface area contributed by atoms with Crippen LogP contribution in [-0.2, 0) is 24.5 Å². The third-order valence-corrected chi connectivity index (χ3v) is 48.1. The van der Waals surface area contributed by atoms with Crippen molar-refractivity contribution in [1.29, 1.82) is 0 Å². The Labute approximate surface area is 574 Å². The van der Waals surface area contributed by atoms with Crippen LogP contribution in [0.4, 0.5) is 0 Å². The second kappa shape index (κ2) is 32.1. The molecular weight excluding hydrogens is 1240 g/mol. The normalized spacial score (nSPS) is 13.5. The zero-order valence-electron chi connectivity index (χ0n) is 60.7. The molecule has 0 heterocycles. The Morgan fingerprint density at radius 3 is 0.860 bits per heavy atom. The van der Waals surface area contributed by atoms with E-state index >= 15 is 0 Å². The Balaban J connectivity index is 0.000000282. The SMILES string of the molecule is C=CC(C)(C)[Si](C)(C)C=C.C=C[Si](C)(C)OC(C)(c1ccccc1)C(C)(C)[Si](C)(C)C=C.C=C[Si](C)(C)OC(c1ccccc1)(c1ccccc1)C(C)(C)[Si](C)(C)C=C.C=C[Si](OC(C)(C)[Si](C=C)(c1ccccc1)c1ccccc1)(c1ccccc1)c1ccccc1. The van der Waals surface area contributed by atoms with E-state index in [4.69, 9.17) is 13.3 Å². The molecule has 0 N–H and O–H groups in total. The van der Waals surface area contributed by atoms with Crippen LogP contribution >= 0.6 is 0 Å². The minimum absolute atomic E-state index is 0.00359. The van der Waals surface area contributed by atoms with Gasteiger partial charge in [0, 0.05) is 5.04 Å². The minimum atomic E-state index is -2.80. The smallest absolute Gasteiger partial charge is 0.280 e. The van der Waals surface area contributed by atoms with Gasteiger partial charge >= 0.3 is 0 Å². The fourth-order valence-electron chi connectivity index (χ4n) is 12.1. The van der Waals surface area contributed by atoms with Crippen molar-refractivity contribution in [2.24, 2.45) is 0 Å². The van der Waals surface area contributed by atoms with Gasteiger partial charge in [-0.1, -0.05) is 322 Å². The van der Waals surface area contributed by atoms with Crippen LogP contribution in [0.15, 0.2) is 311 Å². The standard InChI is InChI=1S/C31H32OSi2.C24H34OSi2.C19H32OSi2.C9H18Si/c1-5-33(27-19-11-7-12-20-27,28-21-13-8-14-22-28)31(3,4)32-34(6-2,29-23-15-9-16-24-29)30-25-17-10-18-26-30;1-9-26(5,6)23(3,4)24(25-27(7,8)10-2,21-17-13-11-14-18-21)22-19-15-12-16-20-22;1-10-21(6,7)18(3,4)19(5,20-22(8,9)11-2)17-15-13-12-14-16-17;1-7-9(3,4)10(5,6)8-2/h5-26H,1-2H2,3-4H3;9-20H,1-2H2,3-8H3;10-16H,1-2H2,3-9H3;7-8H,1-2H2,3-6H3.